The van der Waals surface area contributed by atoms with Crippen LogP contribution in [0.4, 0.5) is 0 Å². The minimum atomic E-state index is -1.09. The minimum absolute atomic E-state index is 0.0816. The number of rotatable bonds is 3. The van der Waals surface area contributed by atoms with E-state index in [0.717, 1.165) is 5.69 Å². The molecule has 0 radical (unpaired) electrons. The molecular weight excluding hydrogens is 244 g/mol. The smallest absolute Gasteiger partial charge is 0.371 e. The maximum atomic E-state index is 10.7. The maximum Gasteiger partial charge on any atom is 0.371 e. The van der Waals surface area contributed by atoms with Gasteiger partial charge in [-0.1, -0.05) is 11.6 Å². The SMILES string of the molecule is Cc1nn(C(C)c2ccc(C(=O)O)o2)cc1Cl. The third-order valence-corrected chi connectivity index (χ3v) is 2.87. The van der Waals surface area contributed by atoms with E-state index in [1.165, 1.54) is 6.07 Å². The summed E-state index contributed by atoms with van der Waals surface area (Å²) in [6.45, 7) is 3.66. The standard InChI is InChI=1S/C11H11ClN2O3/c1-6-8(12)5-14(13-6)7(2)9-3-4-10(17-9)11(15)16/h3-5,7H,1-2H3,(H,15,16). The molecule has 0 saturated carbocycles. The average Bonchev–Trinajstić information content (AvgIpc) is 2.86. The Hall–Kier alpha value is -1.75. The van der Waals surface area contributed by atoms with Crippen molar-refractivity contribution in [1.82, 2.24) is 9.78 Å². The van der Waals surface area contributed by atoms with E-state index in [1.807, 2.05) is 6.92 Å². The molecule has 1 atom stereocenters. The van der Waals surface area contributed by atoms with Crippen molar-refractivity contribution in [3.63, 3.8) is 0 Å². The van der Waals surface area contributed by atoms with Gasteiger partial charge in [0, 0.05) is 6.20 Å². The first kappa shape index (κ1) is 11.7. The molecule has 0 bridgehead atoms. The van der Waals surface area contributed by atoms with E-state index in [1.54, 1.807) is 23.9 Å². The molecule has 0 aliphatic rings. The van der Waals surface area contributed by atoms with Gasteiger partial charge in [0.2, 0.25) is 5.76 Å². The Morgan fingerprint density at radius 1 is 1.59 bits per heavy atom. The Kier molecular flexibility index (Phi) is 2.93. The van der Waals surface area contributed by atoms with Gasteiger partial charge in [-0.15, -0.1) is 0 Å². The van der Waals surface area contributed by atoms with Crippen molar-refractivity contribution < 1.29 is 14.3 Å². The van der Waals surface area contributed by atoms with Gasteiger partial charge >= 0.3 is 5.97 Å². The fourth-order valence-electron chi connectivity index (χ4n) is 1.48. The van der Waals surface area contributed by atoms with Gasteiger partial charge in [-0.2, -0.15) is 5.10 Å². The van der Waals surface area contributed by atoms with Crippen LogP contribution in [-0.2, 0) is 0 Å². The Morgan fingerprint density at radius 3 is 2.76 bits per heavy atom. The molecule has 0 saturated heterocycles. The number of halogens is 1. The fourth-order valence-corrected chi connectivity index (χ4v) is 1.62. The summed E-state index contributed by atoms with van der Waals surface area (Å²) in [7, 11) is 0. The molecule has 1 N–H and O–H groups in total. The van der Waals surface area contributed by atoms with Crippen LogP contribution in [0.25, 0.3) is 0 Å². The molecule has 0 aliphatic carbocycles. The van der Waals surface area contributed by atoms with E-state index in [0.29, 0.717) is 10.8 Å². The van der Waals surface area contributed by atoms with E-state index in [9.17, 15) is 4.79 Å². The van der Waals surface area contributed by atoms with E-state index >= 15 is 0 Å². The van der Waals surface area contributed by atoms with Crippen LogP contribution in [0.3, 0.4) is 0 Å². The molecule has 2 rings (SSSR count). The number of carboxylic acid groups (broad SMARTS) is 1. The number of carboxylic acids is 1. The van der Waals surface area contributed by atoms with Crippen LogP contribution in [0.5, 0.6) is 0 Å². The lowest BCUT2D eigenvalue weighted by Crippen LogP contribution is -2.06. The van der Waals surface area contributed by atoms with Crippen molar-refractivity contribution in [3.05, 3.63) is 40.6 Å². The van der Waals surface area contributed by atoms with Crippen LogP contribution in [0.2, 0.25) is 5.02 Å². The lowest BCUT2D eigenvalue weighted by Gasteiger charge is -2.08. The fraction of sp³-hybridized carbons (Fsp3) is 0.273. The summed E-state index contributed by atoms with van der Waals surface area (Å²) in [4.78, 5) is 10.7. The van der Waals surface area contributed by atoms with Gasteiger partial charge < -0.3 is 9.52 Å². The van der Waals surface area contributed by atoms with Crippen molar-refractivity contribution in [1.29, 1.82) is 0 Å². The van der Waals surface area contributed by atoms with Crippen molar-refractivity contribution in [2.45, 2.75) is 19.9 Å². The molecular formula is C11H11ClN2O3. The van der Waals surface area contributed by atoms with Gasteiger partial charge in [0.25, 0.3) is 0 Å². The minimum Gasteiger partial charge on any atom is -0.475 e. The molecule has 90 valence electrons. The summed E-state index contributed by atoms with van der Waals surface area (Å²) >= 11 is 5.91. The number of hydrogen-bond acceptors (Lipinski definition) is 3. The monoisotopic (exact) mass is 254 g/mol. The average molecular weight is 255 g/mol. The zero-order valence-electron chi connectivity index (χ0n) is 9.35. The molecule has 0 aromatic carbocycles. The number of aromatic carboxylic acids is 1. The summed E-state index contributed by atoms with van der Waals surface area (Å²) in [6.07, 6.45) is 1.69. The molecule has 2 aromatic rings. The number of aryl methyl sites for hydroxylation is 1. The van der Waals surface area contributed by atoms with Crippen molar-refractivity contribution in [2.75, 3.05) is 0 Å². The summed E-state index contributed by atoms with van der Waals surface area (Å²) in [5.74, 6) is -0.637. The van der Waals surface area contributed by atoms with Crippen LogP contribution >= 0.6 is 11.6 Å². The number of aromatic nitrogens is 2. The predicted octanol–water partition coefficient (Wildman–Crippen LogP) is 2.75. The van der Waals surface area contributed by atoms with E-state index in [2.05, 4.69) is 5.10 Å². The maximum absolute atomic E-state index is 10.7. The van der Waals surface area contributed by atoms with Crippen molar-refractivity contribution >= 4 is 17.6 Å². The highest BCUT2D eigenvalue weighted by atomic mass is 35.5. The zero-order valence-corrected chi connectivity index (χ0v) is 10.1. The highest BCUT2D eigenvalue weighted by molar-refractivity contribution is 6.31. The highest BCUT2D eigenvalue weighted by Gasteiger charge is 2.17. The molecule has 0 fully saturated rings. The topological polar surface area (TPSA) is 68.3 Å². The highest BCUT2D eigenvalue weighted by Crippen LogP contribution is 2.23. The molecule has 17 heavy (non-hydrogen) atoms. The first-order valence-corrected chi connectivity index (χ1v) is 5.41. The molecule has 0 amide bonds. The second-order valence-electron chi connectivity index (χ2n) is 3.73. The normalized spacial score (nSPS) is 12.6. The molecule has 6 heteroatoms. The Balaban J connectivity index is 2.30. The van der Waals surface area contributed by atoms with Gasteiger partial charge in [0.1, 0.15) is 11.8 Å². The lowest BCUT2D eigenvalue weighted by atomic mass is 10.2. The molecule has 2 aromatic heterocycles. The summed E-state index contributed by atoms with van der Waals surface area (Å²) in [5, 5.41) is 13.6. The largest absolute Gasteiger partial charge is 0.475 e. The Labute approximate surface area is 103 Å². The Morgan fingerprint density at radius 2 is 2.29 bits per heavy atom. The predicted molar refractivity (Wildman–Crippen MR) is 61.5 cm³/mol. The third-order valence-electron chi connectivity index (χ3n) is 2.50. The van der Waals surface area contributed by atoms with Gasteiger partial charge in [-0.25, -0.2) is 4.79 Å². The quantitative estimate of drug-likeness (QED) is 0.914. The third kappa shape index (κ3) is 2.19. The number of furan rings is 1. The lowest BCUT2D eigenvalue weighted by molar-refractivity contribution is 0.0659. The molecule has 0 aliphatic heterocycles. The number of nitrogens with zero attached hydrogens (tertiary/aromatic N) is 2. The molecule has 0 spiro atoms. The van der Waals surface area contributed by atoms with Crippen LogP contribution in [0.15, 0.2) is 22.7 Å². The summed E-state index contributed by atoms with van der Waals surface area (Å²) in [5.41, 5.74) is 0.725. The summed E-state index contributed by atoms with van der Waals surface area (Å²) < 4.78 is 6.85. The second-order valence-corrected chi connectivity index (χ2v) is 4.13. The second kappa shape index (κ2) is 4.25. The number of carbonyl (C=O) groups is 1. The van der Waals surface area contributed by atoms with Gasteiger partial charge in [0.05, 0.1) is 10.7 Å². The van der Waals surface area contributed by atoms with Crippen molar-refractivity contribution in [3.8, 4) is 0 Å². The van der Waals surface area contributed by atoms with Crippen LogP contribution in [-0.4, -0.2) is 20.9 Å². The summed E-state index contributed by atoms with van der Waals surface area (Å²) in [6, 6.07) is 2.85. The molecule has 5 nitrogen and oxygen atoms in total. The number of hydrogen-bond donors (Lipinski definition) is 1. The van der Waals surface area contributed by atoms with Gasteiger partial charge in [-0.3, -0.25) is 4.68 Å². The van der Waals surface area contributed by atoms with E-state index in [-0.39, 0.29) is 11.8 Å². The van der Waals surface area contributed by atoms with Gasteiger partial charge in [-0.05, 0) is 26.0 Å². The molecule has 2 heterocycles. The first-order chi connectivity index (χ1) is 7.99. The zero-order chi connectivity index (χ0) is 12.6. The Bertz CT molecular complexity index is 539. The van der Waals surface area contributed by atoms with Crippen LogP contribution in [0, 0.1) is 6.92 Å². The van der Waals surface area contributed by atoms with Crippen LogP contribution in [0.1, 0.15) is 35.0 Å². The van der Waals surface area contributed by atoms with Crippen molar-refractivity contribution in [2.24, 2.45) is 0 Å². The van der Waals surface area contributed by atoms with E-state index in [4.69, 9.17) is 21.1 Å². The van der Waals surface area contributed by atoms with Crippen LogP contribution < -0.4 is 0 Å². The van der Waals surface area contributed by atoms with Gasteiger partial charge in [0.15, 0.2) is 0 Å². The van der Waals surface area contributed by atoms with E-state index < -0.39 is 5.97 Å². The molecule has 1 unspecified atom stereocenters. The first-order valence-electron chi connectivity index (χ1n) is 5.03.